The minimum Gasteiger partial charge on any atom is -0.493 e. The van der Waals surface area contributed by atoms with Gasteiger partial charge in [0, 0.05) is 18.1 Å². The van der Waals surface area contributed by atoms with Gasteiger partial charge in [-0.2, -0.15) is 17.2 Å². The Hall–Kier alpha value is -3.39. The molecule has 3 aromatic rings. The molecular weight excluding hydrogens is 635 g/mol. The van der Waals surface area contributed by atoms with Crippen LogP contribution in [0.15, 0.2) is 53.7 Å². The summed E-state index contributed by atoms with van der Waals surface area (Å²) in [4.78, 5) is 15.4. The molecule has 0 amide bonds. The molecule has 1 atom stereocenters. The van der Waals surface area contributed by atoms with Crippen molar-refractivity contribution in [3.05, 3.63) is 70.0 Å². The number of ether oxygens (including phenoxy) is 5. The molecule has 15 heteroatoms. The number of methoxy groups -OCH3 is 2. The van der Waals surface area contributed by atoms with Gasteiger partial charge in [0.25, 0.3) is 10.1 Å². The number of alkyl halides is 2. The fraction of sp³-hybridized carbons (Fsp3) is 0.357. The second-order valence-electron chi connectivity index (χ2n) is 9.38. The summed E-state index contributed by atoms with van der Waals surface area (Å²) in [5, 5.41) is 0.479. The number of nitrogens with one attached hydrogen (secondary N) is 1. The fourth-order valence-electron chi connectivity index (χ4n) is 3.97. The smallest absolute Gasteiger partial charge is 0.387 e. The van der Waals surface area contributed by atoms with Crippen molar-refractivity contribution in [3.63, 3.8) is 0 Å². The third-order valence-corrected chi connectivity index (χ3v) is 8.30. The van der Waals surface area contributed by atoms with Crippen LogP contribution in [0, 0.1) is 5.92 Å². The number of halogens is 4. The lowest BCUT2D eigenvalue weighted by atomic mass is 10.0. The summed E-state index contributed by atoms with van der Waals surface area (Å²) in [5.74, 6) is -0.472. The van der Waals surface area contributed by atoms with E-state index >= 15 is 0 Å². The third-order valence-electron chi connectivity index (χ3n) is 6.36. The Labute approximate surface area is 256 Å². The Morgan fingerprint density at radius 1 is 0.977 bits per heavy atom. The van der Waals surface area contributed by atoms with Gasteiger partial charge in [-0.15, -0.1) is 0 Å². The summed E-state index contributed by atoms with van der Waals surface area (Å²) in [5.41, 5.74) is 0.732. The number of hydrogen-bond donors (Lipinski definition) is 0. The van der Waals surface area contributed by atoms with Gasteiger partial charge in [-0.25, -0.2) is 9.78 Å². The van der Waals surface area contributed by atoms with Crippen LogP contribution in [0.1, 0.15) is 30.1 Å². The van der Waals surface area contributed by atoms with E-state index < -0.39 is 35.4 Å². The predicted molar refractivity (Wildman–Crippen MR) is 150 cm³/mol. The molecule has 232 valence electrons. The van der Waals surface area contributed by atoms with Gasteiger partial charge >= 0.3 is 12.6 Å². The summed E-state index contributed by atoms with van der Waals surface area (Å²) < 4.78 is 82.9. The maximum Gasteiger partial charge on any atom is 0.387 e. The minimum absolute atomic E-state index is 0.0246. The molecule has 0 unspecified atom stereocenters. The van der Waals surface area contributed by atoms with E-state index in [1.165, 1.54) is 63.0 Å². The second-order valence-corrected chi connectivity index (χ2v) is 11.8. The zero-order valence-corrected chi connectivity index (χ0v) is 25.3. The summed E-state index contributed by atoms with van der Waals surface area (Å²) in [6.07, 6.45) is 3.70. The number of esters is 1. The van der Waals surface area contributed by atoms with Crippen LogP contribution in [0.4, 0.5) is 8.78 Å². The van der Waals surface area contributed by atoms with Crippen LogP contribution in [0.3, 0.4) is 0 Å². The van der Waals surface area contributed by atoms with E-state index in [1.807, 2.05) is 0 Å². The first-order valence-corrected chi connectivity index (χ1v) is 15.0. The summed E-state index contributed by atoms with van der Waals surface area (Å²) in [6.45, 7) is -3.78. The number of aromatic amines is 1. The highest BCUT2D eigenvalue weighted by molar-refractivity contribution is 7.86. The first kappa shape index (κ1) is 32.5. The Morgan fingerprint density at radius 3 is 2.28 bits per heavy atom. The van der Waals surface area contributed by atoms with Gasteiger partial charge in [0.15, 0.2) is 42.0 Å². The van der Waals surface area contributed by atoms with E-state index in [4.69, 9.17) is 46.3 Å². The monoisotopic (exact) mass is 662 g/mol. The molecule has 0 radical (unpaired) electrons. The molecule has 1 N–H and O–H groups in total. The molecule has 1 saturated carbocycles. The van der Waals surface area contributed by atoms with Crippen LogP contribution >= 0.6 is 23.2 Å². The van der Waals surface area contributed by atoms with Crippen molar-refractivity contribution in [2.45, 2.75) is 36.9 Å². The maximum absolute atomic E-state index is 13.0. The van der Waals surface area contributed by atoms with Crippen LogP contribution in [-0.4, -0.2) is 48.4 Å². The van der Waals surface area contributed by atoms with Crippen LogP contribution in [-0.2, 0) is 30.3 Å². The fourth-order valence-corrected chi connectivity index (χ4v) is 5.37. The number of pyridine rings is 1. The molecule has 2 aromatic carbocycles. The summed E-state index contributed by atoms with van der Waals surface area (Å²) in [7, 11) is -1.68. The number of H-pyrrole nitrogens is 1. The Morgan fingerprint density at radius 2 is 1.65 bits per heavy atom. The molecule has 43 heavy (non-hydrogen) atoms. The van der Waals surface area contributed by atoms with Gasteiger partial charge in [-0.05, 0) is 48.6 Å². The van der Waals surface area contributed by atoms with Crippen LogP contribution in [0.5, 0.6) is 23.0 Å². The van der Waals surface area contributed by atoms with Crippen molar-refractivity contribution in [2.75, 3.05) is 27.4 Å². The molecule has 1 heterocycles. The first-order chi connectivity index (χ1) is 20.5. The van der Waals surface area contributed by atoms with Gasteiger partial charge in [0.2, 0.25) is 0 Å². The molecule has 1 fully saturated rings. The number of rotatable bonds is 15. The lowest BCUT2D eigenvalue weighted by Gasteiger charge is -2.21. The lowest BCUT2D eigenvalue weighted by Crippen LogP contribution is -2.21. The Kier molecular flexibility index (Phi) is 10.9. The maximum atomic E-state index is 13.0. The second kappa shape index (κ2) is 14.4. The molecular formula is C28H28Cl2F2NO9S+. The van der Waals surface area contributed by atoms with E-state index in [0.29, 0.717) is 29.4 Å². The van der Waals surface area contributed by atoms with Crippen molar-refractivity contribution in [1.29, 1.82) is 0 Å². The quantitative estimate of drug-likeness (QED) is 0.155. The number of carbonyl (C=O) groups excluding carboxylic acids is 1. The highest BCUT2D eigenvalue weighted by atomic mass is 35.5. The predicted octanol–water partition coefficient (Wildman–Crippen LogP) is 5.45. The van der Waals surface area contributed by atoms with E-state index in [-0.39, 0.29) is 38.6 Å². The highest BCUT2D eigenvalue weighted by Crippen LogP contribution is 2.38. The zero-order valence-electron chi connectivity index (χ0n) is 23.0. The highest BCUT2D eigenvalue weighted by Gasteiger charge is 2.27. The summed E-state index contributed by atoms with van der Waals surface area (Å²) >= 11 is 12.7. The van der Waals surface area contributed by atoms with Gasteiger partial charge in [0.1, 0.15) is 16.1 Å². The van der Waals surface area contributed by atoms with E-state index in [0.717, 1.165) is 12.8 Å². The number of carbonyl (C=O) groups is 1. The Balaban J connectivity index is 1.57. The van der Waals surface area contributed by atoms with Crippen molar-refractivity contribution in [3.8, 4) is 23.0 Å². The van der Waals surface area contributed by atoms with Crippen molar-refractivity contribution >= 4 is 39.3 Å². The first-order valence-electron chi connectivity index (χ1n) is 12.9. The van der Waals surface area contributed by atoms with Crippen LogP contribution in [0.2, 0.25) is 10.0 Å². The average Bonchev–Trinajstić information content (AvgIpc) is 3.81. The molecule has 4 rings (SSSR count). The zero-order chi connectivity index (χ0) is 31.1. The normalized spacial score (nSPS) is 13.8. The van der Waals surface area contributed by atoms with E-state index in [1.54, 1.807) is 0 Å². The molecule has 10 nitrogen and oxygen atoms in total. The number of hydrogen-bond acceptors (Lipinski definition) is 9. The SMILES string of the molecule is COc1ccc(S(=O)(=O)OCC(=O)O[C@@H](Cc2c(Cl)c[nH+]cc2Cl)c2ccc(OC(F)F)c(OCC3CC3)c2)cc1OC. The molecule has 0 spiro atoms. The molecule has 1 aromatic heterocycles. The van der Waals surface area contributed by atoms with Crippen molar-refractivity contribution < 1.29 is 54.8 Å². The van der Waals surface area contributed by atoms with Crippen LogP contribution < -0.4 is 23.9 Å². The Bertz CT molecular complexity index is 1530. The molecule has 0 bridgehead atoms. The minimum atomic E-state index is -4.41. The molecule has 1 aliphatic carbocycles. The average molecular weight is 663 g/mol. The van der Waals surface area contributed by atoms with Crippen molar-refractivity contribution in [1.82, 2.24) is 0 Å². The number of benzene rings is 2. The molecule has 0 aliphatic heterocycles. The van der Waals surface area contributed by atoms with Gasteiger partial charge in [-0.1, -0.05) is 29.3 Å². The number of aromatic nitrogens is 1. The topological polar surface area (TPSA) is 121 Å². The molecule has 0 saturated heterocycles. The largest absolute Gasteiger partial charge is 0.493 e. The van der Waals surface area contributed by atoms with Gasteiger partial charge < -0.3 is 23.7 Å². The van der Waals surface area contributed by atoms with Crippen molar-refractivity contribution in [2.24, 2.45) is 5.92 Å². The van der Waals surface area contributed by atoms with E-state index in [9.17, 15) is 22.0 Å². The molecule has 1 aliphatic rings. The van der Waals surface area contributed by atoms with Crippen LogP contribution in [0.25, 0.3) is 0 Å². The standard InChI is InChI=1S/C28H27Cl2F2NO9S/c1-37-22-8-6-18(10-25(22)38-2)43(35,36)40-15-27(34)41-24(11-19-20(29)12-33-13-21(19)30)17-5-7-23(42-28(31)32)26(9-17)39-14-16-3-4-16/h5-10,12-13,16,24,28H,3-4,11,14-15H2,1-2H3/p+1/t24-/m0/s1. The van der Waals surface area contributed by atoms with Gasteiger partial charge in [-0.3, -0.25) is 4.18 Å². The lowest BCUT2D eigenvalue weighted by molar-refractivity contribution is -0.377. The third kappa shape index (κ3) is 8.82. The summed E-state index contributed by atoms with van der Waals surface area (Å²) in [6, 6.07) is 7.88. The van der Waals surface area contributed by atoms with E-state index in [2.05, 4.69) is 9.72 Å². The van der Waals surface area contributed by atoms with Gasteiger partial charge in [0.05, 0.1) is 25.7 Å².